The third-order valence-electron chi connectivity index (χ3n) is 5.31. The zero-order valence-corrected chi connectivity index (χ0v) is 18.4. The number of hydrogen-bond acceptors (Lipinski definition) is 7. The lowest BCUT2D eigenvalue weighted by atomic mass is 9.97. The second-order valence-corrected chi connectivity index (χ2v) is 9.37. The van der Waals surface area contributed by atoms with E-state index in [0.29, 0.717) is 10.9 Å². The first-order chi connectivity index (χ1) is 14.6. The zero-order chi connectivity index (χ0) is 20.7. The van der Waals surface area contributed by atoms with Crippen LogP contribution >= 0.6 is 23.1 Å². The monoisotopic (exact) mass is 439 g/mol. The van der Waals surface area contributed by atoms with E-state index in [-0.39, 0.29) is 5.56 Å². The standard InChI is InChI=1S/C22H21N3O3S2/c1-13-11-16(28-24-13)12-29-22-23-20-19(17-5-3-4-6-18(17)30-20)21(26)25(22)14-7-9-15(27-2)10-8-14/h7-11H,3-6,12H2,1-2H3. The number of fused-ring (bicyclic) bond motifs is 3. The van der Waals surface area contributed by atoms with Crippen LogP contribution in [0.25, 0.3) is 15.9 Å². The van der Waals surface area contributed by atoms with Crippen LogP contribution in [0, 0.1) is 6.92 Å². The van der Waals surface area contributed by atoms with Gasteiger partial charge in [-0.05, 0) is 62.4 Å². The van der Waals surface area contributed by atoms with Gasteiger partial charge < -0.3 is 9.26 Å². The molecule has 154 valence electrons. The maximum absolute atomic E-state index is 13.7. The van der Waals surface area contributed by atoms with Crippen molar-refractivity contribution in [3.8, 4) is 11.4 Å². The van der Waals surface area contributed by atoms with Crippen molar-refractivity contribution in [3.63, 3.8) is 0 Å². The van der Waals surface area contributed by atoms with Crippen molar-refractivity contribution in [3.05, 3.63) is 62.6 Å². The van der Waals surface area contributed by atoms with Gasteiger partial charge in [-0.25, -0.2) is 4.98 Å². The van der Waals surface area contributed by atoms with Crippen molar-refractivity contribution in [2.45, 2.75) is 43.5 Å². The minimum absolute atomic E-state index is 0.000757. The van der Waals surface area contributed by atoms with Crippen molar-refractivity contribution < 1.29 is 9.26 Å². The highest BCUT2D eigenvalue weighted by atomic mass is 32.2. The lowest BCUT2D eigenvalue weighted by molar-refractivity contribution is 0.391. The molecule has 0 aliphatic heterocycles. The van der Waals surface area contributed by atoms with Crippen LogP contribution < -0.4 is 10.3 Å². The molecule has 0 radical (unpaired) electrons. The topological polar surface area (TPSA) is 70.2 Å². The van der Waals surface area contributed by atoms with E-state index in [1.54, 1.807) is 23.0 Å². The van der Waals surface area contributed by atoms with Gasteiger partial charge in [0.1, 0.15) is 16.3 Å². The van der Waals surface area contributed by atoms with E-state index in [2.05, 4.69) is 5.16 Å². The molecule has 3 aromatic heterocycles. The van der Waals surface area contributed by atoms with Crippen LogP contribution in [0.1, 0.15) is 34.7 Å². The number of ether oxygens (including phenoxy) is 1. The molecule has 8 heteroatoms. The molecule has 4 aromatic rings. The average Bonchev–Trinajstić information content (AvgIpc) is 3.35. The zero-order valence-electron chi connectivity index (χ0n) is 16.8. The normalized spacial score (nSPS) is 13.5. The number of methoxy groups -OCH3 is 1. The molecule has 0 N–H and O–H groups in total. The summed E-state index contributed by atoms with van der Waals surface area (Å²) in [4.78, 5) is 20.8. The Morgan fingerprint density at radius 2 is 2.03 bits per heavy atom. The number of benzene rings is 1. The Kier molecular flexibility index (Phi) is 5.12. The third kappa shape index (κ3) is 3.44. The van der Waals surface area contributed by atoms with Crippen LogP contribution in [0.15, 0.2) is 44.8 Å². The predicted molar refractivity (Wildman–Crippen MR) is 119 cm³/mol. The number of aromatic nitrogens is 3. The second-order valence-electron chi connectivity index (χ2n) is 7.35. The highest BCUT2D eigenvalue weighted by Crippen LogP contribution is 2.35. The van der Waals surface area contributed by atoms with Crippen LogP contribution in [-0.2, 0) is 18.6 Å². The number of nitrogens with zero attached hydrogens (tertiary/aromatic N) is 3. The largest absolute Gasteiger partial charge is 0.497 e. The van der Waals surface area contributed by atoms with Gasteiger partial charge in [-0.3, -0.25) is 9.36 Å². The molecule has 1 aliphatic carbocycles. The molecular weight excluding hydrogens is 418 g/mol. The van der Waals surface area contributed by atoms with Crippen LogP contribution in [0.4, 0.5) is 0 Å². The smallest absolute Gasteiger partial charge is 0.267 e. The van der Waals surface area contributed by atoms with Crippen molar-refractivity contribution in [2.24, 2.45) is 0 Å². The van der Waals surface area contributed by atoms with Crippen LogP contribution in [0.2, 0.25) is 0 Å². The molecule has 6 nitrogen and oxygen atoms in total. The first-order valence-electron chi connectivity index (χ1n) is 9.91. The number of rotatable bonds is 5. The Balaban J connectivity index is 1.66. The van der Waals surface area contributed by atoms with Gasteiger partial charge in [0.05, 0.1) is 29.6 Å². The van der Waals surface area contributed by atoms with Gasteiger partial charge >= 0.3 is 0 Å². The van der Waals surface area contributed by atoms with E-state index in [1.165, 1.54) is 28.6 Å². The quantitative estimate of drug-likeness (QED) is 0.325. The molecule has 0 amide bonds. The fourth-order valence-corrected chi connectivity index (χ4v) is 6.05. The maximum Gasteiger partial charge on any atom is 0.267 e. The molecule has 1 aliphatic rings. The summed E-state index contributed by atoms with van der Waals surface area (Å²) in [6, 6.07) is 9.43. The molecule has 3 heterocycles. The minimum Gasteiger partial charge on any atom is -0.497 e. The molecule has 0 saturated heterocycles. The molecule has 0 saturated carbocycles. The van der Waals surface area contributed by atoms with Gasteiger partial charge in [-0.1, -0.05) is 16.9 Å². The molecule has 0 atom stereocenters. The van der Waals surface area contributed by atoms with Crippen molar-refractivity contribution in [1.82, 2.24) is 14.7 Å². The van der Waals surface area contributed by atoms with Crippen molar-refractivity contribution >= 4 is 33.3 Å². The summed E-state index contributed by atoms with van der Waals surface area (Å²) in [6.45, 7) is 1.89. The fraction of sp³-hybridized carbons (Fsp3) is 0.318. The predicted octanol–water partition coefficient (Wildman–Crippen LogP) is 4.92. The Morgan fingerprint density at radius 3 is 2.77 bits per heavy atom. The lowest BCUT2D eigenvalue weighted by Gasteiger charge is -2.13. The molecule has 0 spiro atoms. The van der Waals surface area contributed by atoms with Gasteiger partial charge in [-0.15, -0.1) is 11.3 Å². The third-order valence-corrected chi connectivity index (χ3v) is 7.46. The van der Waals surface area contributed by atoms with Crippen LogP contribution in [0.5, 0.6) is 5.75 Å². The van der Waals surface area contributed by atoms with E-state index < -0.39 is 0 Å². The molecule has 5 rings (SSSR count). The fourth-order valence-electron chi connectivity index (χ4n) is 3.86. The minimum atomic E-state index is 0.000757. The summed E-state index contributed by atoms with van der Waals surface area (Å²) in [5, 5.41) is 5.39. The lowest BCUT2D eigenvalue weighted by Crippen LogP contribution is -2.22. The highest BCUT2D eigenvalue weighted by molar-refractivity contribution is 7.98. The van der Waals surface area contributed by atoms with Crippen LogP contribution in [0.3, 0.4) is 0 Å². The van der Waals surface area contributed by atoms with Gasteiger partial charge in [0.2, 0.25) is 0 Å². The first-order valence-corrected chi connectivity index (χ1v) is 11.7. The Morgan fingerprint density at radius 1 is 1.23 bits per heavy atom. The molecular formula is C22H21N3O3S2. The molecule has 0 bridgehead atoms. The number of thiophene rings is 1. The number of aryl methyl sites for hydroxylation is 3. The van der Waals surface area contributed by atoms with Crippen LogP contribution in [-0.4, -0.2) is 21.8 Å². The summed E-state index contributed by atoms with van der Waals surface area (Å²) in [5.74, 6) is 2.07. The Bertz CT molecular complexity index is 1270. The highest BCUT2D eigenvalue weighted by Gasteiger charge is 2.23. The summed E-state index contributed by atoms with van der Waals surface area (Å²) in [5.41, 5.74) is 2.82. The first kappa shape index (κ1) is 19.4. The summed E-state index contributed by atoms with van der Waals surface area (Å²) in [7, 11) is 1.63. The Hall–Kier alpha value is -2.58. The van der Waals surface area contributed by atoms with E-state index >= 15 is 0 Å². The molecule has 30 heavy (non-hydrogen) atoms. The van der Waals surface area contributed by atoms with Gasteiger partial charge in [0.15, 0.2) is 5.16 Å². The molecule has 1 aromatic carbocycles. The van der Waals surface area contributed by atoms with E-state index in [0.717, 1.165) is 52.4 Å². The SMILES string of the molecule is COc1ccc(-n2c(SCc3cc(C)no3)nc3sc4c(c3c2=O)CCCC4)cc1. The molecule has 0 fully saturated rings. The number of thioether (sulfide) groups is 1. The second kappa shape index (κ2) is 7.92. The average molecular weight is 440 g/mol. The Labute approximate surface area is 181 Å². The van der Waals surface area contributed by atoms with E-state index in [4.69, 9.17) is 14.2 Å². The number of hydrogen-bond donors (Lipinski definition) is 0. The summed E-state index contributed by atoms with van der Waals surface area (Å²) < 4.78 is 12.3. The van der Waals surface area contributed by atoms with Gasteiger partial charge in [-0.2, -0.15) is 0 Å². The van der Waals surface area contributed by atoms with Crippen molar-refractivity contribution in [1.29, 1.82) is 0 Å². The summed E-state index contributed by atoms with van der Waals surface area (Å²) >= 11 is 3.16. The van der Waals surface area contributed by atoms with Gasteiger partial charge in [0.25, 0.3) is 5.56 Å². The van der Waals surface area contributed by atoms with E-state index in [1.807, 2.05) is 37.3 Å². The van der Waals surface area contributed by atoms with E-state index in [9.17, 15) is 4.79 Å². The summed E-state index contributed by atoms with van der Waals surface area (Å²) in [6.07, 6.45) is 4.30. The van der Waals surface area contributed by atoms with Gasteiger partial charge in [0, 0.05) is 10.9 Å². The molecule has 0 unspecified atom stereocenters. The maximum atomic E-state index is 13.7. The van der Waals surface area contributed by atoms with Crippen molar-refractivity contribution in [2.75, 3.05) is 7.11 Å².